The van der Waals surface area contributed by atoms with E-state index in [0.29, 0.717) is 12.2 Å². The summed E-state index contributed by atoms with van der Waals surface area (Å²) in [5.41, 5.74) is 1.65. The van der Waals surface area contributed by atoms with Gasteiger partial charge in [0.15, 0.2) is 0 Å². The lowest BCUT2D eigenvalue weighted by Gasteiger charge is -2.39. The van der Waals surface area contributed by atoms with Crippen LogP contribution in [0.25, 0.3) is 10.8 Å². The molecular formula is C31H33N3O4S. The Morgan fingerprint density at radius 2 is 1.77 bits per heavy atom. The van der Waals surface area contributed by atoms with Crippen molar-refractivity contribution >= 4 is 45.9 Å². The number of thioether (sulfide) groups is 1. The van der Waals surface area contributed by atoms with Crippen molar-refractivity contribution in [1.29, 1.82) is 0 Å². The molecular weight excluding hydrogens is 510 g/mol. The van der Waals surface area contributed by atoms with Crippen LogP contribution in [0.3, 0.4) is 0 Å². The SMILES string of the molecule is CC1C[C@H]2SC13C(C(=O)Nc1ccc4ccccc4c1)N([C@H](C)CO)C(=O)[C@@H]3[C@H]2C(=O)NCc1ccccc1. The lowest BCUT2D eigenvalue weighted by atomic mass is 9.66. The number of fused-ring (bicyclic) bond motifs is 2. The van der Waals surface area contributed by atoms with Gasteiger partial charge in [0.2, 0.25) is 17.7 Å². The Balaban J connectivity index is 1.32. The highest BCUT2D eigenvalue weighted by molar-refractivity contribution is 8.02. The summed E-state index contributed by atoms with van der Waals surface area (Å²) in [4.78, 5) is 43.3. The number of amides is 3. The smallest absolute Gasteiger partial charge is 0.248 e. The molecule has 3 aromatic carbocycles. The maximum atomic E-state index is 14.1. The Kier molecular flexibility index (Phi) is 6.63. The van der Waals surface area contributed by atoms with Crippen molar-refractivity contribution in [2.24, 2.45) is 17.8 Å². The molecule has 3 aromatic rings. The average Bonchev–Trinajstić information content (AvgIpc) is 3.55. The lowest BCUT2D eigenvalue weighted by Crippen LogP contribution is -2.56. The molecule has 0 aliphatic carbocycles. The van der Waals surface area contributed by atoms with Crippen LogP contribution >= 0.6 is 11.8 Å². The minimum atomic E-state index is -0.791. The molecule has 202 valence electrons. The first kappa shape index (κ1) is 25.9. The van der Waals surface area contributed by atoms with E-state index in [1.165, 1.54) is 0 Å². The van der Waals surface area contributed by atoms with Gasteiger partial charge in [0.25, 0.3) is 0 Å². The minimum Gasteiger partial charge on any atom is -0.394 e. The second-order valence-corrected chi connectivity index (χ2v) is 12.6. The number of hydrogen-bond donors (Lipinski definition) is 3. The number of aliphatic hydroxyl groups is 1. The third-order valence-electron chi connectivity index (χ3n) is 8.80. The quantitative estimate of drug-likeness (QED) is 0.421. The highest BCUT2D eigenvalue weighted by Gasteiger charge is 2.76. The van der Waals surface area contributed by atoms with Crippen molar-refractivity contribution in [1.82, 2.24) is 10.2 Å². The highest BCUT2D eigenvalue weighted by Crippen LogP contribution is 2.68. The van der Waals surface area contributed by atoms with E-state index in [1.807, 2.05) is 72.8 Å². The lowest BCUT2D eigenvalue weighted by molar-refractivity contribution is -0.141. The Morgan fingerprint density at radius 1 is 1.05 bits per heavy atom. The number of anilines is 1. The van der Waals surface area contributed by atoms with Crippen molar-refractivity contribution in [3.63, 3.8) is 0 Å². The molecule has 7 atom stereocenters. The molecule has 3 N–H and O–H groups in total. The van der Waals surface area contributed by atoms with E-state index in [0.717, 1.165) is 22.8 Å². The number of carbonyl (C=O) groups excluding carboxylic acids is 3. The molecule has 3 aliphatic rings. The Bertz CT molecular complexity index is 1430. The molecule has 7 nitrogen and oxygen atoms in total. The first-order valence-corrected chi connectivity index (χ1v) is 14.4. The van der Waals surface area contributed by atoms with Gasteiger partial charge in [-0.1, -0.05) is 67.6 Å². The fraction of sp³-hybridized carbons (Fsp3) is 0.387. The zero-order chi connectivity index (χ0) is 27.3. The number of nitrogens with one attached hydrogen (secondary N) is 2. The summed E-state index contributed by atoms with van der Waals surface area (Å²) >= 11 is 1.63. The number of benzene rings is 3. The Labute approximate surface area is 232 Å². The maximum absolute atomic E-state index is 14.1. The third kappa shape index (κ3) is 4.12. The van der Waals surface area contributed by atoms with Crippen LogP contribution in [0, 0.1) is 17.8 Å². The van der Waals surface area contributed by atoms with Crippen molar-refractivity contribution in [3.05, 3.63) is 78.4 Å². The summed E-state index contributed by atoms with van der Waals surface area (Å²) in [7, 11) is 0. The second kappa shape index (κ2) is 9.99. The second-order valence-electron chi connectivity index (χ2n) is 11.1. The minimum absolute atomic E-state index is 0.0349. The number of rotatable bonds is 7. The van der Waals surface area contributed by atoms with Crippen LogP contribution in [0.4, 0.5) is 5.69 Å². The predicted molar refractivity (Wildman–Crippen MR) is 153 cm³/mol. The standard InChI is InChI=1S/C31H33N3O4S/c1-18-14-24-25(28(36)32-16-20-8-4-3-5-9-20)26-30(38)34(19(2)17-35)27(31(18,26)39-24)29(37)33-23-13-12-21-10-6-7-11-22(21)15-23/h3-13,15,18-19,24-27,35H,14,16-17H2,1-2H3,(H,32,36)(H,33,37)/t18?,19-,24-,25+,26+,27?,31?/m1/s1. The average molecular weight is 544 g/mol. The van der Waals surface area contributed by atoms with E-state index in [1.54, 1.807) is 23.6 Å². The third-order valence-corrected chi connectivity index (χ3v) is 10.9. The summed E-state index contributed by atoms with van der Waals surface area (Å²) < 4.78 is -0.735. The van der Waals surface area contributed by atoms with E-state index in [-0.39, 0.29) is 35.5 Å². The molecule has 3 heterocycles. The van der Waals surface area contributed by atoms with Gasteiger partial charge >= 0.3 is 0 Å². The number of hydrogen-bond acceptors (Lipinski definition) is 5. The fourth-order valence-corrected chi connectivity index (χ4v) is 9.41. The van der Waals surface area contributed by atoms with E-state index >= 15 is 0 Å². The maximum Gasteiger partial charge on any atom is 0.248 e. The summed E-state index contributed by atoms with van der Waals surface area (Å²) in [6, 6.07) is 22.1. The number of nitrogens with zero attached hydrogens (tertiary/aromatic N) is 1. The highest BCUT2D eigenvalue weighted by atomic mass is 32.2. The topological polar surface area (TPSA) is 98.7 Å². The molecule has 6 rings (SSSR count). The van der Waals surface area contributed by atoms with Gasteiger partial charge in [0.1, 0.15) is 6.04 Å². The molecule has 39 heavy (non-hydrogen) atoms. The van der Waals surface area contributed by atoms with E-state index in [4.69, 9.17) is 0 Å². The van der Waals surface area contributed by atoms with Crippen LogP contribution in [0.15, 0.2) is 72.8 Å². The van der Waals surface area contributed by atoms with Crippen LogP contribution in [0.5, 0.6) is 0 Å². The summed E-state index contributed by atoms with van der Waals surface area (Å²) in [6.07, 6.45) is 0.763. The largest absolute Gasteiger partial charge is 0.394 e. The Morgan fingerprint density at radius 3 is 2.51 bits per heavy atom. The molecule has 8 heteroatoms. The number of likely N-dealkylation sites (tertiary alicyclic amines) is 1. The van der Waals surface area contributed by atoms with Crippen molar-refractivity contribution in [3.8, 4) is 0 Å². The molecule has 3 unspecified atom stereocenters. The summed E-state index contributed by atoms with van der Waals surface area (Å²) in [5.74, 6) is -1.70. The molecule has 3 amide bonds. The molecule has 0 radical (unpaired) electrons. The molecule has 0 saturated carbocycles. The summed E-state index contributed by atoms with van der Waals surface area (Å²) in [6.45, 7) is 3.98. The van der Waals surface area contributed by atoms with Gasteiger partial charge in [0, 0.05) is 17.5 Å². The van der Waals surface area contributed by atoms with Crippen LogP contribution < -0.4 is 10.6 Å². The van der Waals surface area contributed by atoms with Crippen LogP contribution in [-0.4, -0.2) is 56.4 Å². The molecule has 1 spiro atoms. The van der Waals surface area contributed by atoms with Gasteiger partial charge < -0.3 is 20.6 Å². The fourth-order valence-electron chi connectivity index (χ4n) is 7.00. The van der Waals surface area contributed by atoms with E-state index < -0.39 is 28.7 Å². The van der Waals surface area contributed by atoms with Crippen LogP contribution in [-0.2, 0) is 20.9 Å². The van der Waals surface area contributed by atoms with Crippen molar-refractivity contribution in [2.75, 3.05) is 11.9 Å². The molecule has 0 aromatic heterocycles. The van der Waals surface area contributed by atoms with Gasteiger partial charge in [-0.05, 0) is 47.7 Å². The number of carbonyl (C=O) groups is 3. The van der Waals surface area contributed by atoms with Crippen molar-refractivity contribution in [2.45, 2.75) is 48.9 Å². The van der Waals surface area contributed by atoms with Gasteiger partial charge in [-0.25, -0.2) is 0 Å². The Hall–Kier alpha value is -3.36. The molecule has 2 bridgehead atoms. The van der Waals surface area contributed by atoms with E-state index in [2.05, 4.69) is 17.6 Å². The number of aliphatic hydroxyl groups excluding tert-OH is 1. The molecule has 3 aliphatic heterocycles. The monoisotopic (exact) mass is 543 g/mol. The van der Waals surface area contributed by atoms with Gasteiger partial charge in [-0.3, -0.25) is 14.4 Å². The predicted octanol–water partition coefficient (Wildman–Crippen LogP) is 3.81. The molecule has 3 fully saturated rings. The normalized spacial score (nSPS) is 29.9. The van der Waals surface area contributed by atoms with Gasteiger partial charge in [-0.2, -0.15) is 0 Å². The van der Waals surface area contributed by atoms with Crippen LogP contribution in [0.2, 0.25) is 0 Å². The van der Waals surface area contributed by atoms with Gasteiger partial charge in [-0.15, -0.1) is 11.8 Å². The first-order valence-electron chi connectivity index (χ1n) is 13.6. The van der Waals surface area contributed by atoms with Crippen molar-refractivity contribution < 1.29 is 19.5 Å². The van der Waals surface area contributed by atoms with E-state index in [9.17, 15) is 19.5 Å². The zero-order valence-corrected chi connectivity index (χ0v) is 22.9. The van der Waals surface area contributed by atoms with Crippen LogP contribution in [0.1, 0.15) is 25.8 Å². The summed E-state index contributed by atoms with van der Waals surface area (Å²) in [5, 5.41) is 18.3. The molecule has 3 saturated heterocycles. The first-order chi connectivity index (χ1) is 18.8. The zero-order valence-electron chi connectivity index (χ0n) is 22.0. The van der Waals surface area contributed by atoms with Gasteiger partial charge in [0.05, 0.1) is 29.2 Å².